The number of nitrogens with zero attached hydrogens (tertiary/aromatic N) is 2. The number of hydrogen-bond donors (Lipinski definition) is 1. The Morgan fingerprint density at radius 2 is 2.16 bits per heavy atom. The van der Waals surface area contributed by atoms with E-state index < -0.39 is 0 Å². The van der Waals surface area contributed by atoms with Crippen LogP contribution < -0.4 is 5.73 Å². The molecule has 2 aromatic rings. The van der Waals surface area contributed by atoms with Crippen LogP contribution in [0.2, 0.25) is 0 Å². The Morgan fingerprint density at radius 1 is 1.37 bits per heavy atom. The fourth-order valence-corrected chi connectivity index (χ4v) is 2.34. The van der Waals surface area contributed by atoms with E-state index >= 15 is 0 Å². The lowest BCUT2D eigenvalue weighted by molar-refractivity contribution is 0.322. The summed E-state index contributed by atoms with van der Waals surface area (Å²) in [5, 5.41) is 0. The second-order valence-electron chi connectivity index (χ2n) is 4.93. The molecular formula is C14H16FN3O. The monoisotopic (exact) mass is 261 g/mol. The Balaban J connectivity index is 1.71. The molecular weight excluding hydrogens is 245 g/mol. The van der Waals surface area contributed by atoms with Gasteiger partial charge in [0.05, 0.1) is 5.69 Å². The summed E-state index contributed by atoms with van der Waals surface area (Å²) in [4.78, 5) is 6.69. The topological polar surface area (TPSA) is 55.3 Å². The lowest BCUT2D eigenvalue weighted by Crippen LogP contribution is -2.26. The average molecular weight is 261 g/mol. The van der Waals surface area contributed by atoms with Gasteiger partial charge in [-0.25, -0.2) is 9.37 Å². The van der Waals surface area contributed by atoms with E-state index in [1.54, 1.807) is 18.4 Å². The summed E-state index contributed by atoms with van der Waals surface area (Å²) < 4.78 is 18.3. The van der Waals surface area contributed by atoms with Crippen molar-refractivity contribution in [3.63, 3.8) is 0 Å². The van der Waals surface area contributed by atoms with E-state index in [2.05, 4.69) is 9.88 Å². The van der Waals surface area contributed by atoms with E-state index in [4.69, 9.17) is 10.2 Å². The highest BCUT2D eigenvalue weighted by atomic mass is 19.1. The Morgan fingerprint density at radius 3 is 2.84 bits per heavy atom. The van der Waals surface area contributed by atoms with Crippen LogP contribution in [0.4, 0.5) is 4.39 Å². The van der Waals surface area contributed by atoms with Crippen LogP contribution in [-0.2, 0) is 6.54 Å². The summed E-state index contributed by atoms with van der Waals surface area (Å²) in [6, 6.07) is 6.40. The molecule has 0 bridgehead atoms. The summed E-state index contributed by atoms with van der Waals surface area (Å²) in [5.74, 6) is 0.264. The van der Waals surface area contributed by atoms with Crippen LogP contribution in [0.1, 0.15) is 12.1 Å². The smallest absolute Gasteiger partial charge is 0.226 e. The van der Waals surface area contributed by atoms with Gasteiger partial charge in [0.2, 0.25) is 5.89 Å². The van der Waals surface area contributed by atoms with Crippen LogP contribution >= 0.6 is 0 Å². The first-order valence-electron chi connectivity index (χ1n) is 6.39. The number of nitrogens with two attached hydrogens (primary N) is 1. The predicted octanol–water partition coefficient (Wildman–Crippen LogP) is 2.01. The van der Waals surface area contributed by atoms with E-state index in [0.29, 0.717) is 5.89 Å². The maximum absolute atomic E-state index is 12.8. The normalized spacial score (nSPS) is 20.0. The van der Waals surface area contributed by atoms with Crippen molar-refractivity contribution in [2.24, 2.45) is 5.73 Å². The molecule has 100 valence electrons. The molecule has 3 rings (SSSR count). The van der Waals surface area contributed by atoms with Crippen molar-refractivity contribution >= 4 is 0 Å². The van der Waals surface area contributed by atoms with Gasteiger partial charge in [0, 0.05) is 31.2 Å². The third kappa shape index (κ3) is 2.83. The molecule has 1 aliphatic rings. The van der Waals surface area contributed by atoms with Gasteiger partial charge in [-0.1, -0.05) is 0 Å². The Hall–Kier alpha value is -1.72. The number of oxazole rings is 1. The molecule has 1 saturated heterocycles. The van der Waals surface area contributed by atoms with Crippen molar-refractivity contribution in [3.8, 4) is 11.5 Å². The van der Waals surface area contributed by atoms with E-state index in [0.717, 1.165) is 37.3 Å². The lowest BCUT2D eigenvalue weighted by atomic mass is 10.2. The molecule has 2 heterocycles. The lowest BCUT2D eigenvalue weighted by Gasteiger charge is -2.12. The largest absolute Gasteiger partial charge is 0.444 e. The highest BCUT2D eigenvalue weighted by Crippen LogP contribution is 2.20. The molecule has 4 nitrogen and oxygen atoms in total. The average Bonchev–Trinajstić information content (AvgIpc) is 3.00. The minimum atomic E-state index is -0.262. The fraction of sp³-hybridized carbons (Fsp3) is 0.357. The Bertz CT molecular complexity index is 552. The van der Waals surface area contributed by atoms with Gasteiger partial charge >= 0.3 is 0 Å². The molecule has 0 amide bonds. The second kappa shape index (κ2) is 5.11. The van der Waals surface area contributed by atoms with Crippen LogP contribution in [0, 0.1) is 5.82 Å². The van der Waals surface area contributed by atoms with Gasteiger partial charge in [0.1, 0.15) is 12.1 Å². The van der Waals surface area contributed by atoms with Gasteiger partial charge in [-0.2, -0.15) is 0 Å². The van der Waals surface area contributed by atoms with Crippen molar-refractivity contribution in [2.75, 3.05) is 13.1 Å². The van der Waals surface area contributed by atoms with Crippen molar-refractivity contribution in [2.45, 2.75) is 19.0 Å². The fourth-order valence-electron chi connectivity index (χ4n) is 2.34. The van der Waals surface area contributed by atoms with Crippen LogP contribution in [0.15, 0.2) is 34.9 Å². The summed E-state index contributed by atoms with van der Waals surface area (Å²) in [6.07, 6.45) is 2.69. The van der Waals surface area contributed by atoms with Gasteiger partial charge in [-0.3, -0.25) is 4.90 Å². The Labute approximate surface area is 111 Å². The zero-order chi connectivity index (χ0) is 13.2. The molecule has 1 aliphatic heterocycles. The van der Waals surface area contributed by atoms with Crippen LogP contribution in [-0.4, -0.2) is 29.0 Å². The minimum absolute atomic E-state index is 0.262. The molecule has 0 radical (unpaired) electrons. The highest BCUT2D eigenvalue weighted by Gasteiger charge is 2.20. The first-order valence-corrected chi connectivity index (χ1v) is 6.39. The molecule has 0 saturated carbocycles. The predicted molar refractivity (Wildman–Crippen MR) is 69.8 cm³/mol. The third-order valence-electron chi connectivity index (χ3n) is 3.34. The number of hydrogen-bond acceptors (Lipinski definition) is 4. The Kier molecular flexibility index (Phi) is 3.31. The highest BCUT2D eigenvalue weighted by molar-refractivity contribution is 5.52. The molecule has 0 spiro atoms. The van der Waals surface area contributed by atoms with Crippen LogP contribution in [0.25, 0.3) is 11.5 Å². The minimum Gasteiger partial charge on any atom is -0.444 e. The molecule has 1 unspecified atom stereocenters. The molecule has 1 atom stereocenters. The molecule has 1 fully saturated rings. The maximum atomic E-state index is 12.8. The summed E-state index contributed by atoms with van der Waals surface area (Å²) in [5.41, 5.74) is 7.53. The van der Waals surface area contributed by atoms with Gasteiger partial charge in [0.25, 0.3) is 0 Å². The molecule has 2 N–H and O–H groups in total. The summed E-state index contributed by atoms with van der Waals surface area (Å²) >= 11 is 0. The van der Waals surface area contributed by atoms with Gasteiger partial charge in [-0.05, 0) is 30.7 Å². The van der Waals surface area contributed by atoms with Gasteiger partial charge in [0.15, 0.2) is 0 Å². The van der Waals surface area contributed by atoms with Crippen LogP contribution in [0.3, 0.4) is 0 Å². The van der Waals surface area contributed by atoms with Crippen molar-refractivity contribution in [3.05, 3.63) is 42.0 Å². The molecule has 0 aliphatic carbocycles. The SMILES string of the molecule is NC1CCN(Cc2coc(-c3ccc(F)cc3)n2)C1. The van der Waals surface area contributed by atoms with Crippen molar-refractivity contribution < 1.29 is 8.81 Å². The number of benzene rings is 1. The van der Waals surface area contributed by atoms with Crippen molar-refractivity contribution in [1.82, 2.24) is 9.88 Å². The summed E-state index contributed by atoms with van der Waals surface area (Å²) in [6.45, 7) is 2.65. The van der Waals surface area contributed by atoms with Gasteiger partial charge < -0.3 is 10.2 Å². The number of likely N-dealkylation sites (tertiary alicyclic amines) is 1. The first-order chi connectivity index (χ1) is 9.20. The second-order valence-corrected chi connectivity index (χ2v) is 4.93. The molecule has 1 aromatic carbocycles. The van der Waals surface area contributed by atoms with E-state index in [9.17, 15) is 4.39 Å². The number of halogens is 1. The maximum Gasteiger partial charge on any atom is 0.226 e. The number of aromatic nitrogens is 1. The zero-order valence-corrected chi connectivity index (χ0v) is 10.6. The zero-order valence-electron chi connectivity index (χ0n) is 10.6. The third-order valence-corrected chi connectivity index (χ3v) is 3.34. The quantitative estimate of drug-likeness (QED) is 0.918. The van der Waals surface area contributed by atoms with E-state index in [1.165, 1.54) is 12.1 Å². The summed E-state index contributed by atoms with van der Waals surface area (Å²) in [7, 11) is 0. The standard InChI is InChI=1S/C14H16FN3O/c15-11-3-1-10(2-4-11)14-17-13(9-19-14)8-18-6-5-12(16)7-18/h1-4,9,12H,5-8,16H2. The molecule has 1 aromatic heterocycles. The van der Waals surface area contributed by atoms with Crippen LogP contribution in [0.5, 0.6) is 0 Å². The molecule has 19 heavy (non-hydrogen) atoms. The number of rotatable bonds is 3. The molecule has 5 heteroatoms. The van der Waals surface area contributed by atoms with Crippen molar-refractivity contribution in [1.29, 1.82) is 0 Å². The van der Waals surface area contributed by atoms with E-state index in [-0.39, 0.29) is 11.9 Å². The van der Waals surface area contributed by atoms with Gasteiger partial charge in [-0.15, -0.1) is 0 Å². The van der Waals surface area contributed by atoms with E-state index in [1.807, 2.05) is 0 Å². The first kappa shape index (κ1) is 12.3.